The number of β-amino-alcohol motifs (C(OH)–C–C–N with tert-alkyl or cyclic N) is 1. The third-order valence-corrected chi connectivity index (χ3v) is 5.42. The highest BCUT2D eigenvalue weighted by atomic mass is 32.2. The van der Waals surface area contributed by atoms with Crippen molar-refractivity contribution in [2.24, 2.45) is 0 Å². The zero-order chi connectivity index (χ0) is 14.9. The number of carbonyl (C=O) groups is 2. The summed E-state index contributed by atoms with van der Waals surface area (Å²) < 4.78 is 22.6. The molecule has 0 aliphatic carbocycles. The molecule has 2 fully saturated rings. The first kappa shape index (κ1) is 15.0. The standard InChI is InChI=1S/C11H18N2O6S/c14-8-5-9(10(15)16)13(6-8)11(17)12-7-1-3-20(18,19)4-2-7/h7-9,14H,1-6H2,(H,12,17)(H,15,16)/t8?,9-/m0/s1. The normalized spacial score (nSPS) is 30.1. The van der Waals surface area contributed by atoms with E-state index < -0.39 is 34.0 Å². The Morgan fingerprint density at radius 3 is 2.35 bits per heavy atom. The monoisotopic (exact) mass is 306 g/mol. The predicted octanol–water partition coefficient (Wildman–Crippen LogP) is -1.21. The van der Waals surface area contributed by atoms with E-state index in [1.807, 2.05) is 0 Å². The largest absolute Gasteiger partial charge is 0.480 e. The first-order valence-electron chi connectivity index (χ1n) is 6.47. The zero-order valence-corrected chi connectivity index (χ0v) is 11.7. The van der Waals surface area contributed by atoms with Gasteiger partial charge in [0, 0.05) is 19.0 Å². The van der Waals surface area contributed by atoms with E-state index >= 15 is 0 Å². The molecular formula is C11H18N2O6S. The summed E-state index contributed by atoms with van der Waals surface area (Å²) >= 11 is 0. The highest BCUT2D eigenvalue weighted by Crippen LogP contribution is 2.19. The number of hydrogen-bond acceptors (Lipinski definition) is 5. The summed E-state index contributed by atoms with van der Waals surface area (Å²) in [4.78, 5) is 24.1. The topological polar surface area (TPSA) is 124 Å². The van der Waals surface area contributed by atoms with Crippen LogP contribution < -0.4 is 5.32 Å². The minimum absolute atomic E-state index is 0.0157. The number of carboxylic acids is 1. The zero-order valence-electron chi connectivity index (χ0n) is 10.9. The van der Waals surface area contributed by atoms with E-state index in [4.69, 9.17) is 5.11 Å². The molecule has 8 nitrogen and oxygen atoms in total. The number of rotatable bonds is 2. The Balaban J connectivity index is 1.93. The van der Waals surface area contributed by atoms with Gasteiger partial charge in [-0.05, 0) is 12.8 Å². The van der Waals surface area contributed by atoms with Gasteiger partial charge in [-0.15, -0.1) is 0 Å². The molecule has 2 aliphatic heterocycles. The van der Waals surface area contributed by atoms with Gasteiger partial charge in [0.2, 0.25) is 0 Å². The third kappa shape index (κ3) is 3.40. The number of sulfone groups is 1. The van der Waals surface area contributed by atoms with Crippen molar-refractivity contribution >= 4 is 21.8 Å². The number of carbonyl (C=O) groups excluding carboxylic acids is 1. The van der Waals surface area contributed by atoms with Crippen molar-refractivity contribution < 1.29 is 28.2 Å². The Kier molecular flexibility index (Phi) is 4.19. The summed E-state index contributed by atoms with van der Waals surface area (Å²) in [5, 5.41) is 21.1. The molecular weight excluding hydrogens is 288 g/mol. The number of carboxylic acid groups (broad SMARTS) is 1. The first-order valence-corrected chi connectivity index (χ1v) is 8.29. The van der Waals surface area contributed by atoms with Gasteiger partial charge in [-0.1, -0.05) is 0 Å². The molecule has 2 heterocycles. The van der Waals surface area contributed by atoms with Gasteiger partial charge in [0.05, 0.1) is 17.6 Å². The second kappa shape index (κ2) is 5.57. The van der Waals surface area contributed by atoms with Gasteiger partial charge in [0.25, 0.3) is 0 Å². The van der Waals surface area contributed by atoms with Gasteiger partial charge in [-0.25, -0.2) is 18.0 Å². The second-order valence-corrected chi connectivity index (χ2v) is 7.58. The molecule has 0 aromatic heterocycles. The summed E-state index contributed by atoms with van der Waals surface area (Å²) in [6.07, 6.45) is -0.153. The Labute approximate surface area is 116 Å². The van der Waals surface area contributed by atoms with Crippen LogP contribution >= 0.6 is 0 Å². The molecule has 0 spiro atoms. The Hall–Kier alpha value is -1.35. The SMILES string of the molecule is O=C(O)[C@@H]1CC(O)CN1C(=O)NC1CCS(=O)(=O)CC1. The maximum Gasteiger partial charge on any atom is 0.326 e. The van der Waals surface area contributed by atoms with Crippen LogP contribution in [0.3, 0.4) is 0 Å². The van der Waals surface area contributed by atoms with Gasteiger partial charge in [-0.2, -0.15) is 0 Å². The number of hydrogen-bond donors (Lipinski definition) is 3. The van der Waals surface area contributed by atoms with Crippen LogP contribution in [0.1, 0.15) is 19.3 Å². The molecule has 2 saturated heterocycles. The van der Waals surface area contributed by atoms with E-state index in [-0.39, 0.29) is 30.5 Å². The smallest absolute Gasteiger partial charge is 0.326 e. The van der Waals surface area contributed by atoms with Crippen LogP contribution in [0, 0.1) is 0 Å². The number of amides is 2. The van der Waals surface area contributed by atoms with E-state index in [0.717, 1.165) is 4.90 Å². The van der Waals surface area contributed by atoms with Crippen LogP contribution in [-0.4, -0.2) is 71.8 Å². The Bertz CT molecular complexity index is 491. The molecule has 0 bridgehead atoms. The average molecular weight is 306 g/mol. The van der Waals surface area contributed by atoms with E-state index in [9.17, 15) is 23.1 Å². The fraction of sp³-hybridized carbons (Fsp3) is 0.818. The summed E-state index contributed by atoms with van der Waals surface area (Å²) in [5.41, 5.74) is 0. The van der Waals surface area contributed by atoms with Crippen LogP contribution in [0.25, 0.3) is 0 Å². The first-order chi connectivity index (χ1) is 9.28. The van der Waals surface area contributed by atoms with Crippen LogP contribution in [0.5, 0.6) is 0 Å². The van der Waals surface area contributed by atoms with Crippen LogP contribution in [0.15, 0.2) is 0 Å². The number of likely N-dealkylation sites (tertiary alicyclic amines) is 1. The van der Waals surface area contributed by atoms with E-state index in [1.165, 1.54) is 0 Å². The van der Waals surface area contributed by atoms with Crippen molar-refractivity contribution in [1.82, 2.24) is 10.2 Å². The minimum Gasteiger partial charge on any atom is -0.480 e. The van der Waals surface area contributed by atoms with Gasteiger partial charge < -0.3 is 20.4 Å². The van der Waals surface area contributed by atoms with Crippen molar-refractivity contribution in [3.63, 3.8) is 0 Å². The van der Waals surface area contributed by atoms with E-state index in [0.29, 0.717) is 12.8 Å². The van der Waals surface area contributed by atoms with E-state index in [2.05, 4.69) is 5.32 Å². The highest BCUT2D eigenvalue weighted by Gasteiger charge is 2.39. The molecule has 2 aliphatic rings. The number of aliphatic hydroxyl groups excluding tert-OH is 1. The molecule has 1 unspecified atom stereocenters. The molecule has 2 rings (SSSR count). The molecule has 2 atom stereocenters. The van der Waals surface area contributed by atoms with E-state index in [1.54, 1.807) is 0 Å². The predicted molar refractivity (Wildman–Crippen MR) is 69.0 cm³/mol. The molecule has 2 amide bonds. The van der Waals surface area contributed by atoms with Crippen molar-refractivity contribution in [3.8, 4) is 0 Å². The lowest BCUT2D eigenvalue weighted by Gasteiger charge is -2.27. The van der Waals surface area contributed by atoms with Gasteiger partial charge in [0.15, 0.2) is 0 Å². The molecule has 20 heavy (non-hydrogen) atoms. The van der Waals surface area contributed by atoms with Crippen molar-refractivity contribution in [2.45, 2.75) is 37.5 Å². The maximum absolute atomic E-state index is 12.0. The van der Waals surface area contributed by atoms with Crippen molar-refractivity contribution in [2.75, 3.05) is 18.1 Å². The summed E-state index contributed by atoms with van der Waals surface area (Å²) in [6.45, 7) is -0.0200. The van der Waals surface area contributed by atoms with Gasteiger partial charge in [-0.3, -0.25) is 0 Å². The van der Waals surface area contributed by atoms with Crippen LogP contribution in [0.4, 0.5) is 4.79 Å². The van der Waals surface area contributed by atoms with Crippen molar-refractivity contribution in [1.29, 1.82) is 0 Å². The minimum atomic E-state index is -3.00. The summed E-state index contributed by atoms with van der Waals surface area (Å²) in [7, 11) is -3.00. The fourth-order valence-corrected chi connectivity index (χ4v) is 4.06. The lowest BCUT2D eigenvalue weighted by atomic mass is 10.1. The Morgan fingerprint density at radius 2 is 1.80 bits per heavy atom. The maximum atomic E-state index is 12.0. The molecule has 3 N–H and O–H groups in total. The molecule has 0 aromatic carbocycles. The number of nitrogens with zero attached hydrogens (tertiary/aromatic N) is 1. The number of nitrogens with one attached hydrogen (secondary N) is 1. The number of aliphatic carboxylic acids is 1. The average Bonchev–Trinajstić information content (AvgIpc) is 2.74. The van der Waals surface area contributed by atoms with Crippen LogP contribution in [0.2, 0.25) is 0 Å². The fourth-order valence-electron chi connectivity index (χ4n) is 2.56. The third-order valence-electron chi connectivity index (χ3n) is 3.71. The lowest BCUT2D eigenvalue weighted by Crippen LogP contribution is -2.50. The molecule has 0 saturated carbocycles. The highest BCUT2D eigenvalue weighted by molar-refractivity contribution is 7.91. The van der Waals surface area contributed by atoms with Crippen LogP contribution in [-0.2, 0) is 14.6 Å². The summed E-state index contributed by atoms with van der Waals surface area (Å²) in [5.74, 6) is -1.09. The Morgan fingerprint density at radius 1 is 1.20 bits per heavy atom. The number of aliphatic hydroxyl groups is 1. The lowest BCUT2D eigenvalue weighted by molar-refractivity contribution is -0.141. The quantitative estimate of drug-likeness (QED) is 0.588. The molecule has 0 radical (unpaired) electrons. The number of urea groups is 1. The molecule has 0 aromatic rings. The molecule has 9 heteroatoms. The van der Waals surface area contributed by atoms with Gasteiger partial charge >= 0.3 is 12.0 Å². The van der Waals surface area contributed by atoms with Gasteiger partial charge in [0.1, 0.15) is 15.9 Å². The van der Waals surface area contributed by atoms with Crippen molar-refractivity contribution in [3.05, 3.63) is 0 Å². The molecule has 114 valence electrons. The summed E-state index contributed by atoms with van der Waals surface area (Å²) in [6, 6.07) is -1.85. The second-order valence-electron chi connectivity index (χ2n) is 5.27.